The van der Waals surface area contributed by atoms with E-state index in [1.54, 1.807) is 12.1 Å². The zero-order chi connectivity index (χ0) is 16.8. The average molecular weight is 316 g/mol. The van der Waals surface area contributed by atoms with Crippen LogP contribution in [0.25, 0.3) is 12.2 Å². The maximum atomic E-state index is 12.9. The molecule has 0 aliphatic heterocycles. The van der Waals surface area contributed by atoms with Crippen LogP contribution in [-0.2, 0) is 6.42 Å². The highest BCUT2D eigenvalue weighted by Gasteiger charge is 2.05. The van der Waals surface area contributed by atoms with Crippen molar-refractivity contribution in [3.8, 4) is 0 Å². The third-order valence-electron chi connectivity index (χ3n) is 4.23. The molecule has 0 saturated carbocycles. The molecule has 0 spiro atoms. The second kappa shape index (κ2) is 7.74. The fourth-order valence-electron chi connectivity index (χ4n) is 2.78. The van der Waals surface area contributed by atoms with Crippen LogP contribution in [0.5, 0.6) is 0 Å². The topological polar surface area (TPSA) is 0 Å². The summed E-state index contributed by atoms with van der Waals surface area (Å²) in [6, 6.07) is 25.8. The lowest BCUT2D eigenvalue weighted by molar-refractivity contribution is 0.628. The Labute approximate surface area is 143 Å². The molecule has 120 valence electrons. The minimum Gasteiger partial charge on any atom is -0.207 e. The van der Waals surface area contributed by atoms with Gasteiger partial charge in [-0.25, -0.2) is 4.39 Å². The van der Waals surface area contributed by atoms with E-state index >= 15 is 0 Å². The summed E-state index contributed by atoms with van der Waals surface area (Å²) in [5.41, 5.74) is 4.86. The summed E-state index contributed by atoms with van der Waals surface area (Å²) in [5.74, 6) is 0.302. The van der Waals surface area contributed by atoms with Crippen LogP contribution in [0.2, 0.25) is 0 Å². The lowest BCUT2D eigenvalue weighted by Crippen LogP contribution is -1.98. The zero-order valence-corrected chi connectivity index (χ0v) is 13.8. The summed E-state index contributed by atoms with van der Waals surface area (Å²) in [7, 11) is 0. The van der Waals surface area contributed by atoms with E-state index in [2.05, 4.69) is 67.6 Å². The monoisotopic (exact) mass is 316 g/mol. The number of benzene rings is 3. The minimum absolute atomic E-state index is 0.205. The summed E-state index contributed by atoms with van der Waals surface area (Å²) in [6.45, 7) is 2.26. The molecule has 0 aromatic heterocycles. The molecular weight excluding hydrogens is 295 g/mol. The Balaban J connectivity index is 1.64. The maximum Gasteiger partial charge on any atom is 0.123 e. The second-order valence-electron chi connectivity index (χ2n) is 6.14. The maximum absolute atomic E-state index is 12.9. The first-order chi connectivity index (χ1) is 11.7. The number of hydrogen-bond donors (Lipinski definition) is 0. The first-order valence-electron chi connectivity index (χ1n) is 8.28. The van der Waals surface area contributed by atoms with Crippen molar-refractivity contribution in [1.29, 1.82) is 0 Å². The van der Waals surface area contributed by atoms with E-state index in [1.807, 2.05) is 6.08 Å². The van der Waals surface area contributed by atoms with Crippen molar-refractivity contribution in [2.75, 3.05) is 0 Å². The van der Waals surface area contributed by atoms with Gasteiger partial charge in [-0.3, -0.25) is 0 Å². The largest absolute Gasteiger partial charge is 0.207 e. The zero-order valence-electron chi connectivity index (χ0n) is 13.8. The highest BCUT2D eigenvalue weighted by Crippen LogP contribution is 2.20. The highest BCUT2D eigenvalue weighted by molar-refractivity contribution is 5.69. The first kappa shape index (κ1) is 16.2. The fourth-order valence-corrected chi connectivity index (χ4v) is 2.78. The number of halogens is 1. The van der Waals surface area contributed by atoms with E-state index in [-0.39, 0.29) is 5.82 Å². The van der Waals surface area contributed by atoms with E-state index < -0.39 is 0 Å². The van der Waals surface area contributed by atoms with Gasteiger partial charge < -0.3 is 0 Å². The van der Waals surface area contributed by atoms with Gasteiger partial charge in [0.2, 0.25) is 0 Å². The molecule has 0 fully saturated rings. The molecule has 0 saturated heterocycles. The molecule has 3 rings (SSSR count). The Hall–Kier alpha value is -2.67. The van der Waals surface area contributed by atoms with Crippen LogP contribution in [0.4, 0.5) is 4.39 Å². The molecule has 0 radical (unpaired) electrons. The van der Waals surface area contributed by atoms with E-state index in [0.29, 0.717) is 5.92 Å². The van der Waals surface area contributed by atoms with E-state index in [9.17, 15) is 4.39 Å². The quantitative estimate of drug-likeness (QED) is 0.482. The second-order valence-corrected chi connectivity index (χ2v) is 6.14. The van der Waals surface area contributed by atoms with Crippen LogP contribution in [0.1, 0.15) is 35.1 Å². The minimum atomic E-state index is -0.205. The SMILES string of the molecule is CC(Cc1ccc(/C=C/c2ccc(F)cc2)cc1)c1ccccc1. The molecular formula is C23H21F. The van der Waals surface area contributed by atoms with Crippen molar-refractivity contribution >= 4 is 12.2 Å². The van der Waals surface area contributed by atoms with Gasteiger partial charge >= 0.3 is 0 Å². The smallest absolute Gasteiger partial charge is 0.123 e. The van der Waals surface area contributed by atoms with Crippen molar-refractivity contribution in [2.45, 2.75) is 19.3 Å². The lowest BCUT2D eigenvalue weighted by Gasteiger charge is -2.12. The van der Waals surface area contributed by atoms with Crippen LogP contribution >= 0.6 is 0 Å². The van der Waals surface area contributed by atoms with Crippen molar-refractivity contribution in [1.82, 2.24) is 0 Å². The summed E-state index contributed by atoms with van der Waals surface area (Å²) in [6.07, 6.45) is 5.09. The van der Waals surface area contributed by atoms with Crippen LogP contribution < -0.4 is 0 Å². The Morgan fingerprint density at radius 3 is 1.88 bits per heavy atom. The molecule has 1 atom stereocenters. The van der Waals surface area contributed by atoms with Crippen molar-refractivity contribution in [2.24, 2.45) is 0 Å². The third kappa shape index (κ3) is 4.42. The normalized spacial score (nSPS) is 12.4. The number of rotatable bonds is 5. The molecule has 1 unspecified atom stereocenters. The van der Waals surface area contributed by atoms with Gasteiger partial charge in [-0.15, -0.1) is 0 Å². The molecule has 0 bridgehead atoms. The molecule has 0 N–H and O–H groups in total. The predicted octanol–water partition coefficient (Wildman–Crippen LogP) is 6.34. The van der Waals surface area contributed by atoms with E-state index in [0.717, 1.165) is 17.5 Å². The van der Waals surface area contributed by atoms with Crippen molar-refractivity contribution in [3.63, 3.8) is 0 Å². The average Bonchev–Trinajstić information content (AvgIpc) is 2.63. The number of hydrogen-bond acceptors (Lipinski definition) is 0. The van der Waals surface area contributed by atoms with Gasteiger partial charge in [-0.2, -0.15) is 0 Å². The van der Waals surface area contributed by atoms with Crippen LogP contribution in [0.15, 0.2) is 78.9 Å². The van der Waals surface area contributed by atoms with Gasteiger partial charge in [0.25, 0.3) is 0 Å². The first-order valence-corrected chi connectivity index (χ1v) is 8.28. The Bertz CT molecular complexity index is 784. The van der Waals surface area contributed by atoms with Crippen LogP contribution in [0, 0.1) is 5.82 Å². The molecule has 0 aliphatic carbocycles. The summed E-state index contributed by atoms with van der Waals surface area (Å²) >= 11 is 0. The summed E-state index contributed by atoms with van der Waals surface area (Å²) in [4.78, 5) is 0. The molecule has 0 amide bonds. The molecule has 3 aromatic rings. The third-order valence-corrected chi connectivity index (χ3v) is 4.23. The standard InChI is InChI=1S/C23H21F/c1-18(22-5-3-2-4-6-22)17-21-11-9-19(10-12-21)7-8-20-13-15-23(24)16-14-20/h2-16,18H,17H2,1H3/b8-7+. The molecule has 1 heteroatoms. The Kier molecular flexibility index (Phi) is 5.22. The molecule has 0 nitrogen and oxygen atoms in total. The van der Waals surface area contributed by atoms with Gasteiger partial charge in [-0.05, 0) is 46.7 Å². The van der Waals surface area contributed by atoms with Crippen LogP contribution in [-0.4, -0.2) is 0 Å². The van der Waals surface area contributed by atoms with Gasteiger partial charge in [0.1, 0.15) is 5.82 Å². The van der Waals surface area contributed by atoms with Gasteiger partial charge in [-0.1, -0.05) is 85.8 Å². The van der Waals surface area contributed by atoms with Gasteiger partial charge in [0, 0.05) is 0 Å². The predicted molar refractivity (Wildman–Crippen MR) is 100 cm³/mol. The van der Waals surface area contributed by atoms with E-state index in [1.165, 1.54) is 23.3 Å². The van der Waals surface area contributed by atoms with Crippen LogP contribution in [0.3, 0.4) is 0 Å². The Morgan fingerprint density at radius 1 is 0.750 bits per heavy atom. The lowest BCUT2D eigenvalue weighted by atomic mass is 9.93. The van der Waals surface area contributed by atoms with E-state index in [4.69, 9.17) is 0 Å². The van der Waals surface area contributed by atoms with Gasteiger partial charge in [0.05, 0.1) is 0 Å². The Morgan fingerprint density at radius 2 is 1.29 bits per heavy atom. The summed E-state index contributed by atoms with van der Waals surface area (Å²) < 4.78 is 12.9. The summed E-state index contributed by atoms with van der Waals surface area (Å²) in [5, 5.41) is 0. The fraction of sp³-hybridized carbons (Fsp3) is 0.130. The molecule has 0 aliphatic rings. The van der Waals surface area contributed by atoms with Crippen molar-refractivity contribution < 1.29 is 4.39 Å². The molecule has 24 heavy (non-hydrogen) atoms. The van der Waals surface area contributed by atoms with Crippen molar-refractivity contribution in [3.05, 3.63) is 107 Å². The highest BCUT2D eigenvalue weighted by atomic mass is 19.1. The van der Waals surface area contributed by atoms with Gasteiger partial charge in [0.15, 0.2) is 0 Å². The molecule has 0 heterocycles. The molecule has 3 aromatic carbocycles.